The van der Waals surface area contributed by atoms with Crippen molar-refractivity contribution >= 4 is 0 Å². The molecule has 0 aliphatic rings. The maximum absolute atomic E-state index is 6.09. The molecule has 0 aliphatic carbocycles. The van der Waals surface area contributed by atoms with Gasteiger partial charge in [0, 0.05) is 6.61 Å². The first kappa shape index (κ1) is 23.0. The molecular formula is C25H42O. The lowest BCUT2D eigenvalue weighted by molar-refractivity contribution is 0.0744. The molecular weight excluding hydrogens is 316 g/mol. The molecule has 0 bridgehead atoms. The molecule has 0 heterocycles. The summed E-state index contributed by atoms with van der Waals surface area (Å²) in [6, 6.07) is 10.4. The monoisotopic (exact) mass is 358 g/mol. The maximum Gasteiger partial charge on any atom is 0.103 e. The van der Waals surface area contributed by atoms with Gasteiger partial charge in [0.05, 0.1) is 0 Å². The summed E-state index contributed by atoms with van der Waals surface area (Å²) in [5.41, 5.74) is 2.31. The van der Waals surface area contributed by atoms with Gasteiger partial charge in [-0.15, -0.1) is 0 Å². The van der Waals surface area contributed by atoms with Gasteiger partial charge < -0.3 is 4.74 Å². The number of hydrogen-bond acceptors (Lipinski definition) is 1. The highest BCUT2D eigenvalue weighted by molar-refractivity contribution is 5.24. The Hall–Kier alpha value is -1.08. The third kappa shape index (κ3) is 11.5. The molecule has 0 aromatic heterocycles. The van der Waals surface area contributed by atoms with Gasteiger partial charge in [-0.1, -0.05) is 121 Å². The summed E-state index contributed by atoms with van der Waals surface area (Å²) in [5, 5.41) is 0. The molecule has 0 saturated heterocycles. The van der Waals surface area contributed by atoms with Crippen LogP contribution in [0.2, 0.25) is 0 Å². The van der Waals surface area contributed by atoms with Gasteiger partial charge in [0.2, 0.25) is 0 Å². The van der Waals surface area contributed by atoms with Crippen molar-refractivity contribution in [2.24, 2.45) is 0 Å². The summed E-state index contributed by atoms with van der Waals surface area (Å²) in [7, 11) is 0. The Morgan fingerprint density at radius 1 is 0.769 bits per heavy atom. The lowest BCUT2D eigenvalue weighted by Gasteiger charge is -2.18. The molecule has 1 atom stereocenters. The maximum atomic E-state index is 6.09. The van der Waals surface area contributed by atoms with Crippen LogP contribution in [0.3, 0.4) is 0 Å². The minimum absolute atomic E-state index is 0.0496. The number of ether oxygens (including phenoxy) is 1. The van der Waals surface area contributed by atoms with Crippen LogP contribution in [0.15, 0.2) is 42.5 Å². The van der Waals surface area contributed by atoms with Crippen LogP contribution < -0.4 is 0 Å². The fourth-order valence-corrected chi connectivity index (χ4v) is 3.47. The Morgan fingerprint density at radius 2 is 1.23 bits per heavy atom. The Balaban J connectivity index is 1.93. The van der Waals surface area contributed by atoms with Gasteiger partial charge in [-0.2, -0.15) is 0 Å². The molecule has 1 nitrogen and oxygen atoms in total. The first-order chi connectivity index (χ1) is 12.8. The number of rotatable bonds is 17. The van der Waals surface area contributed by atoms with Crippen LogP contribution in [0, 0.1) is 0 Å². The number of benzene rings is 1. The van der Waals surface area contributed by atoms with Crippen molar-refractivity contribution in [3.05, 3.63) is 48.0 Å². The lowest BCUT2D eigenvalue weighted by Crippen LogP contribution is -2.06. The summed E-state index contributed by atoms with van der Waals surface area (Å²) < 4.78 is 6.09. The summed E-state index contributed by atoms with van der Waals surface area (Å²) in [4.78, 5) is 0. The quantitative estimate of drug-likeness (QED) is 0.200. The van der Waals surface area contributed by atoms with E-state index in [2.05, 4.69) is 44.7 Å². The molecule has 1 aromatic rings. The SMILES string of the molecule is C=C(C)C(OCCCCCCCCCCCCCCC)c1ccccc1. The van der Waals surface area contributed by atoms with Crippen LogP contribution in [0.25, 0.3) is 0 Å². The molecule has 0 N–H and O–H groups in total. The molecule has 1 heteroatoms. The highest BCUT2D eigenvalue weighted by atomic mass is 16.5. The molecule has 1 rings (SSSR count). The topological polar surface area (TPSA) is 9.23 Å². The molecule has 0 amide bonds. The van der Waals surface area contributed by atoms with E-state index < -0.39 is 0 Å². The summed E-state index contributed by atoms with van der Waals surface area (Å²) >= 11 is 0. The Kier molecular flexibility index (Phi) is 14.2. The van der Waals surface area contributed by atoms with Gasteiger partial charge in [0.25, 0.3) is 0 Å². The Bertz CT molecular complexity index is 437. The summed E-state index contributed by atoms with van der Waals surface area (Å²) in [6.45, 7) is 9.27. The fraction of sp³-hybridized carbons (Fsp3) is 0.680. The van der Waals surface area contributed by atoms with E-state index >= 15 is 0 Å². The normalized spacial score (nSPS) is 12.2. The second-order valence-electron chi connectivity index (χ2n) is 7.75. The van der Waals surface area contributed by atoms with Gasteiger partial charge in [0.15, 0.2) is 0 Å². The number of hydrogen-bond donors (Lipinski definition) is 0. The zero-order valence-corrected chi connectivity index (χ0v) is 17.5. The first-order valence-electron chi connectivity index (χ1n) is 11.1. The van der Waals surface area contributed by atoms with Crippen molar-refractivity contribution in [3.63, 3.8) is 0 Å². The first-order valence-corrected chi connectivity index (χ1v) is 11.1. The van der Waals surface area contributed by atoms with Crippen LogP contribution in [-0.4, -0.2) is 6.61 Å². The highest BCUT2D eigenvalue weighted by Crippen LogP contribution is 2.24. The van der Waals surface area contributed by atoms with Crippen molar-refractivity contribution in [1.82, 2.24) is 0 Å². The molecule has 0 saturated carbocycles. The lowest BCUT2D eigenvalue weighted by atomic mass is 10.0. The van der Waals surface area contributed by atoms with Crippen LogP contribution in [-0.2, 0) is 4.74 Å². The van der Waals surface area contributed by atoms with Crippen LogP contribution in [0.4, 0.5) is 0 Å². The van der Waals surface area contributed by atoms with Crippen molar-refractivity contribution in [2.75, 3.05) is 6.61 Å². The van der Waals surface area contributed by atoms with Crippen molar-refractivity contribution in [1.29, 1.82) is 0 Å². The summed E-state index contributed by atoms with van der Waals surface area (Å²) in [6.07, 6.45) is 18.1. The van der Waals surface area contributed by atoms with Crippen LogP contribution in [0.5, 0.6) is 0 Å². The molecule has 0 radical (unpaired) electrons. The van der Waals surface area contributed by atoms with E-state index in [1.165, 1.54) is 82.6 Å². The largest absolute Gasteiger partial charge is 0.369 e. The van der Waals surface area contributed by atoms with E-state index in [9.17, 15) is 0 Å². The van der Waals surface area contributed by atoms with E-state index in [4.69, 9.17) is 4.74 Å². The third-order valence-corrected chi connectivity index (χ3v) is 5.08. The van der Waals surface area contributed by atoms with E-state index in [0.717, 1.165) is 18.6 Å². The second kappa shape index (κ2) is 16.1. The molecule has 148 valence electrons. The summed E-state index contributed by atoms with van der Waals surface area (Å²) in [5.74, 6) is 0. The average Bonchev–Trinajstić information content (AvgIpc) is 2.65. The smallest absolute Gasteiger partial charge is 0.103 e. The van der Waals surface area contributed by atoms with Gasteiger partial charge >= 0.3 is 0 Å². The van der Waals surface area contributed by atoms with Gasteiger partial charge in [-0.05, 0) is 24.5 Å². The molecule has 26 heavy (non-hydrogen) atoms. The molecule has 0 spiro atoms. The Labute approximate surface area is 163 Å². The second-order valence-corrected chi connectivity index (χ2v) is 7.75. The van der Waals surface area contributed by atoms with Crippen molar-refractivity contribution in [3.8, 4) is 0 Å². The zero-order chi connectivity index (χ0) is 18.9. The zero-order valence-electron chi connectivity index (χ0n) is 17.5. The molecule has 0 aliphatic heterocycles. The van der Waals surface area contributed by atoms with Gasteiger partial charge in [0.1, 0.15) is 6.10 Å². The number of unbranched alkanes of at least 4 members (excludes halogenated alkanes) is 12. The van der Waals surface area contributed by atoms with Crippen LogP contribution in [0.1, 0.15) is 109 Å². The molecule has 1 unspecified atom stereocenters. The van der Waals surface area contributed by atoms with E-state index in [-0.39, 0.29) is 6.10 Å². The minimum atomic E-state index is 0.0496. The average molecular weight is 359 g/mol. The van der Waals surface area contributed by atoms with E-state index in [0.29, 0.717) is 0 Å². The van der Waals surface area contributed by atoms with Gasteiger partial charge in [-0.25, -0.2) is 0 Å². The van der Waals surface area contributed by atoms with E-state index in [1.807, 2.05) is 6.07 Å². The molecule has 1 aromatic carbocycles. The van der Waals surface area contributed by atoms with Crippen molar-refractivity contribution < 1.29 is 4.74 Å². The van der Waals surface area contributed by atoms with Crippen molar-refractivity contribution in [2.45, 2.75) is 103 Å². The predicted octanol–water partition coefficient (Wildman–Crippen LogP) is 8.41. The van der Waals surface area contributed by atoms with E-state index in [1.54, 1.807) is 0 Å². The van der Waals surface area contributed by atoms with Crippen LogP contribution >= 0.6 is 0 Å². The Morgan fingerprint density at radius 3 is 1.69 bits per heavy atom. The molecule has 0 fully saturated rings. The minimum Gasteiger partial charge on any atom is -0.369 e. The third-order valence-electron chi connectivity index (χ3n) is 5.08. The standard InChI is InChI=1S/C25H42O/c1-4-5-6-7-8-9-10-11-12-13-14-15-19-22-26-25(23(2)3)24-20-17-16-18-21-24/h16-18,20-21,25H,2,4-15,19,22H2,1,3H3. The fourth-order valence-electron chi connectivity index (χ4n) is 3.47. The predicted molar refractivity (Wildman–Crippen MR) is 116 cm³/mol. The highest BCUT2D eigenvalue weighted by Gasteiger charge is 2.11. The van der Waals surface area contributed by atoms with Gasteiger partial charge in [-0.3, -0.25) is 0 Å².